The molecule has 0 radical (unpaired) electrons. The maximum Gasteiger partial charge on any atom is 0.318 e. The lowest BCUT2D eigenvalue weighted by molar-refractivity contribution is 0.497. The Balaban J connectivity index is 1.86. The fourth-order valence-corrected chi connectivity index (χ4v) is 2.40. The van der Waals surface area contributed by atoms with Crippen LogP contribution in [0.25, 0.3) is 0 Å². The molecule has 0 N–H and O–H groups in total. The maximum absolute atomic E-state index is 5.68. The average molecular weight is 264 g/mol. The van der Waals surface area contributed by atoms with E-state index < -0.39 is 0 Å². The molecular weight excluding hydrogens is 250 g/mol. The van der Waals surface area contributed by atoms with Crippen molar-refractivity contribution in [3.63, 3.8) is 0 Å². The van der Waals surface area contributed by atoms with Gasteiger partial charge < -0.3 is 9.32 Å². The van der Waals surface area contributed by atoms with Gasteiger partial charge in [0, 0.05) is 13.1 Å². The second-order valence-corrected chi connectivity index (χ2v) is 4.67. The van der Waals surface area contributed by atoms with Gasteiger partial charge in [-0.25, -0.2) is 0 Å². The Morgan fingerprint density at radius 3 is 2.83 bits per heavy atom. The van der Waals surface area contributed by atoms with Crippen molar-refractivity contribution in [3.05, 3.63) is 41.3 Å². The van der Waals surface area contributed by atoms with Crippen molar-refractivity contribution in [1.82, 2.24) is 10.2 Å². The molecule has 0 atom stereocenters. The smallest absolute Gasteiger partial charge is 0.318 e. The molecule has 2 aromatic rings. The van der Waals surface area contributed by atoms with Crippen LogP contribution in [0.3, 0.4) is 0 Å². The highest BCUT2D eigenvalue weighted by Gasteiger charge is 2.18. The summed E-state index contributed by atoms with van der Waals surface area (Å²) in [5, 5.41) is 7.96. The number of nitrogens with zero attached hydrogens (tertiary/aromatic N) is 3. The predicted molar refractivity (Wildman–Crippen MR) is 69.7 cm³/mol. The molecule has 0 unspecified atom stereocenters. The Morgan fingerprint density at radius 2 is 2.06 bits per heavy atom. The van der Waals surface area contributed by atoms with E-state index in [9.17, 15) is 0 Å². The zero-order valence-corrected chi connectivity index (χ0v) is 10.7. The molecule has 1 aromatic heterocycles. The van der Waals surface area contributed by atoms with E-state index in [2.05, 4.69) is 39.4 Å². The van der Waals surface area contributed by atoms with Gasteiger partial charge in [-0.2, -0.15) is 0 Å². The third-order valence-electron chi connectivity index (χ3n) is 3.19. The number of benzene rings is 1. The van der Waals surface area contributed by atoms with Gasteiger partial charge in [0.15, 0.2) is 0 Å². The minimum Gasteiger partial charge on any atom is -0.407 e. The first-order chi connectivity index (χ1) is 8.86. The summed E-state index contributed by atoms with van der Waals surface area (Å²) >= 11 is 5.68. The highest BCUT2D eigenvalue weighted by molar-refractivity contribution is 6.16. The summed E-state index contributed by atoms with van der Waals surface area (Å²) in [7, 11) is 0. The number of hydrogen-bond acceptors (Lipinski definition) is 4. The first-order valence-corrected chi connectivity index (χ1v) is 6.60. The molecule has 0 bridgehead atoms. The van der Waals surface area contributed by atoms with E-state index in [-0.39, 0.29) is 5.88 Å². The highest BCUT2D eigenvalue weighted by atomic mass is 35.5. The quantitative estimate of drug-likeness (QED) is 0.782. The van der Waals surface area contributed by atoms with Crippen molar-refractivity contribution in [2.24, 2.45) is 0 Å². The number of fused-ring (bicyclic) bond motifs is 1. The minimum absolute atomic E-state index is 0.261. The normalized spacial score (nSPS) is 15.3. The summed E-state index contributed by atoms with van der Waals surface area (Å²) in [6.07, 6.45) is 2.19. The van der Waals surface area contributed by atoms with Crippen LogP contribution in [0.2, 0.25) is 0 Å². The van der Waals surface area contributed by atoms with Crippen LogP contribution in [0.5, 0.6) is 0 Å². The van der Waals surface area contributed by atoms with Crippen LogP contribution in [0.4, 0.5) is 6.01 Å². The summed E-state index contributed by atoms with van der Waals surface area (Å²) in [6, 6.07) is 9.08. The molecule has 1 aliphatic rings. The Morgan fingerprint density at radius 1 is 1.22 bits per heavy atom. The van der Waals surface area contributed by atoms with E-state index in [4.69, 9.17) is 16.0 Å². The topological polar surface area (TPSA) is 42.2 Å². The van der Waals surface area contributed by atoms with Gasteiger partial charge in [0.05, 0.1) is 0 Å². The minimum atomic E-state index is 0.261. The number of anilines is 1. The van der Waals surface area contributed by atoms with Crippen molar-refractivity contribution in [3.8, 4) is 0 Å². The summed E-state index contributed by atoms with van der Waals surface area (Å²) in [5.41, 5.74) is 2.75. The SMILES string of the molecule is ClCc1nnc(N2CCCc3ccccc3C2)o1. The van der Waals surface area contributed by atoms with E-state index >= 15 is 0 Å². The molecular formula is C13H14ClN3O. The van der Waals surface area contributed by atoms with Gasteiger partial charge in [-0.3, -0.25) is 0 Å². The maximum atomic E-state index is 5.68. The zero-order chi connectivity index (χ0) is 12.4. The Kier molecular flexibility index (Phi) is 3.19. The molecule has 0 fully saturated rings. The summed E-state index contributed by atoms with van der Waals surface area (Å²) < 4.78 is 5.51. The fraction of sp³-hybridized carbons (Fsp3) is 0.385. The summed E-state index contributed by atoms with van der Waals surface area (Å²) in [6.45, 7) is 1.75. The first kappa shape index (κ1) is 11.5. The Hall–Kier alpha value is -1.55. The third kappa shape index (κ3) is 2.20. The van der Waals surface area contributed by atoms with Crippen molar-refractivity contribution in [1.29, 1.82) is 0 Å². The lowest BCUT2D eigenvalue weighted by Crippen LogP contribution is -2.22. The van der Waals surface area contributed by atoms with Crippen molar-refractivity contribution < 1.29 is 4.42 Å². The van der Waals surface area contributed by atoms with E-state index in [0.717, 1.165) is 25.9 Å². The third-order valence-corrected chi connectivity index (χ3v) is 3.42. The molecule has 4 nitrogen and oxygen atoms in total. The molecule has 5 heteroatoms. The van der Waals surface area contributed by atoms with Gasteiger partial charge in [-0.1, -0.05) is 29.4 Å². The first-order valence-electron chi connectivity index (χ1n) is 6.07. The van der Waals surface area contributed by atoms with Crippen LogP contribution in [0, 0.1) is 0 Å². The van der Waals surface area contributed by atoms with Crippen molar-refractivity contribution in [2.75, 3.05) is 11.4 Å². The summed E-state index contributed by atoms with van der Waals surface area (Å²) in [5.74, 6) is 0.737. The summed E-state index contributed by atoms with van der Waals surface area (Å²) in [4.78, 5) is 2.12. The largest absolute Gasteiger partial charge is 0.407 e. The Bertz CT molecular complexity index is 541. The molecule has 0 amide bonds. The molecule has 18 heavy (non-hydrogen) atoms. The van der Waals surface area contributed by atoms with Crippen LogP contribution in [0.15, 0.2) is 28.7 Å². The molecule has 0 aliphatic carbocycles. The van der Waals surface area contributed by atoms with E-state index in [1.54, 1.807) is 0 Å². The number of hydrogen-bond donors (Lipinski definition) is 0. The number of aryl methyl sites for hydroxylation is 1. The van der Waals surface area contributed by atoms with Gasteiger partial charge >= 0.3 is 6.01 Å². The van der Waals surface area contributed by atoms with Gasteiger partial charge in [0.2, 0.25) is 5.89 Å². The van der Waals surface area contributed by atoms with E-state index in [1.165, 1.54) is 11.1 Å². The van der Waals surface area contributed by atoms with Gasteiger partial charge in [0.25, 0.3) is 0 Å². The zero-order valence-electron chi connectivity index (χ0n) is 9.97. The monoisotopic (exact) mass is 263 g/mol. The molecule has 1 aliphatic heterocycles. The lowest BCUT2D eigenvalue weighted by Gasteiger charge is -2.17. The molecule has 2 heterocycles. The number of alkyl halides is 1. The van der Waals surface area contributed by atoms with Crippen LogP contribution >= 0.6 is 11.6 Å². The number of aromatic nitrogens is 2. The lowest BCUT2D eigenvalue weighted by atomic mass is 10.0. The van der Waals surface area contributed by atoms with Crippen molar-refractivity contribution >= 4 is 17.6 Å². The van der Waals surface area contributed by atoms with E-state index in [1.807, 2.05) is 0 Å². The number of halogens is 1. The molecule has 1 aromatic carbocycles. The van der Waals surface area contributed by atoms with Gasteiger partial charge in [0.1, 0.15) is 5.88 Å². The second kappa shape index (κ2) is 4.98. The standard InChI is InChI=1S/C13H14ClN3O/c14-8-12-15-16-13(18-12)17-7-3-6-10-4-1-2-5-11(10)9-17/h1-2,4-5H,3,6-9H2. The molecule has 0 saturated carbocycles. The highest BCUT2D eigenvalue weighted by Crippen LogP contribution is 2.23. The molecule has 3 rings (SSSR count). The van der Waals surface area contributed by atoms with Crippen LogP contribution in [-0.2, 0) is 18.8 Å². The van der Waals surface area contributed by atoms with Crippen LogP contribution in [0.1, 0.15) is 23.4 Å². The van der Waals surface area contributed by atoms with Crippen LogP contribution < -0.4 is 4.90 Å². The van der Waals surface area contributed by atoms with Gasteiger partial charge in [-0.05, 0) is 24.0 Å². The predicted octanol–water partition coefficient (Wildman–Crippen LogP) is 2.76. The average Bonchev–Trinajstić information content (AvgIpc) is 2.78. The molecule has 0 saturated heterocycles. The Labute approximate surface area is 111 Å². The van der Waals surface area contributed by atoms with Crippen molar-refractivity contribution in [2.45, 2.75) is 25.3 Å². The van der Waals surface area contributed by atoms with E-state index in [0.29, 0.717) is 11.9 Å². The fourth-order valence-electron chi connectivity index (χ4n) is 2.29. The van der Waals surface area contributed by atoms with Gasteiger partial charge in [-0.15, -0.1) is 16.7 Å². The number of rotatable bonds is 2. The molecule has 94 valence electrons. The second-order valence-electron chi connectivity index (χ2n) is 4.41. The molecule has 0 spiro atoms. The van der Waals surface area contributed by atoms with Crippen LogP contribution in [-0.4, -0.2) is 16.7 Å².